The highest BCUT2D eigenvalue weighted by atomic mass is 32.2. The molecule has 1 aromatic carbocycles. The zero-order chi connectivity index (χ0) is 15.1. The molecule has 10 heteroatoms. The molecule has 0 radical (unpaired) electrons. The molecule has 0 fully saturated rings. The van der Waals surface area contributed by atoms with Crippen molar-refractivity contribution in [3.63, 3.8) is 0 Å². The van der Waals surface area contributed by atoms with Crippen LogP contribution in [0, 0.1) is 23.3 Å². The fourth-order valence-electron chi connectivity index (χ4n) is 1.29. The molecule has 0 heterocycles. The van der Waals surface area contributed by atoms with Crippen molar-refractivity contribution in [1.29, 1.82) is 0 Å². The fraction of sp³-hybridized carbons (Fsp3) is 0.222. The first-order chi connectivity index (χ1) is 8.50. The summed E-state index contributed by atoms with van der Waals surface area (Å²) in [6.07, 6.45) is 0. The Morgan fingerprint density at radius 1 is 1.00 bits per heavy atom. The molecule has 1 amide bonds. The second-order valence-corrected chi connectivity index (χ2v) is 5.20. The SMILES string of the molecule is CN(C)C(=O)c1c(F)c(F)c(F)c(F)c1S(N)(=O)=O. The van der Waals surface area contributed by atoms with Crippen LogP contribution >= 0.6 is 0 Å². The maximum atomic E-state index is 13.5. The number of carbonyl (C=O) groups is 1. The standard InChI is InChI=1S/C9H8F4N2O3S/c1-15(2)9(16)3-4(10)5(11)6(12)7(13)8(3)19(14,17)18/h1-2H3,(H2,14,17,18). The van der Waals surface area contributed by atoms with Crippen molar-refractivity contribution in [3.05, 3.63) is 28.8 Å². The van der Waals surface area contributed by atoms with Crippen molar-refractivity contribution in [3.8, 4) is 0 Å². The summed E-state index contributed by atoms with van der Waals surface area (Å²) in [4.78, 5) is 10.5. The Morgan fingerprint density at radius 2 is 1.42 bits per heavy atom. The number of rotatable bonds is 2. The number of amides is 1. The molecule has 0 saturated heterocycles. The van der Waals surface area contributed by atoms with Crippen molar-refractivity contribution < 1.29 is 30.8 Å². The van der Waals surface area contributed by atoms with E-state index in [9.17, 15) is 30.8 Å². The van der Waals surface area contributed by atoms with Gasteiger partial charge in [-0.15, -0.1) is 0 Å². The van der Waals surface area contributed by atoms with Gasteiger partial charge in [-0.1, -0.05) is 0 Å². The van der Waals surface area contributed by atoms with E-state index in [4.69, 9.17) is 0 Å². The molecular weight excluding hydrogens is 292 g/mol. The normalized spacial score (nSPS) is 11.5. The van der Waals surface area contributed by atoms with Gasteiger partial charge >= 0.3 is 0 Å². The molecule has 0 aliphatic rings. The van der Waals surface area contributed by atoms with Gasteiger partial charge in [0.1, 0.15) is 10.5 Å². The van der Waals surface area contributed by atoms with E-state index in [0.29, 0.717) is 4.90 Å². The minimum absolute atomic E-state index is 0.657. The van der Waals surface area contributed by atoms with Crippen LogP contribution in [0.3, 0.4) is 0 Å². The second kappa shape index (κ2) is 4.78. The van der Waals surface area contributed by atoms with Crippen LogP contribution in [0.5, 0.6) is 0 Å². The third kappa shape index (κ3) is 2.54. The molecule has 2 N–H and O–H groups in total. The number of nitrogens with zero attached hydrogens (tertiary/aromatic N) is 1. The number of halogens is 4. The zero-order valence-electron chi connectivity index (χ0n) is 9.67. The molecule has 0 aliphatic carbocycles. The van der Waals surface area contributed by atoms with E-state index >= 15 is 0 Å². The van der Waals surface area contributed by atoms with Crippen molar-refractivity contribution in [2.75, 3.05) is 14.1 Å². The van der Waals surface area contributed by atoms with Gasteiger partial charge in [-0.25, -0.2) is 31.1 Å². The van der Waals surface area contributed by atoms with Gasteiger partial charge in [-0.05, 0) is 0 Å². The molecule has 1 rings (SSSR count). The van der Waals surface area contributed by atoms with Crippen LogP contribution in [-0.4, -0.2) is 33.3 Å². The average Bonchev–Trinajstić information content (AvgIpc) is 2.28. The first kappa shape index (κ1) is 15.4. The molecule has 0 aliphatic heterocycles. The number of primary sulfonamides is 1. The maximum Gasteiger partial charge on any atom is 0.257 e. The van der Waals surface area contributed by atoms with Crippen LogP contribution < -0.4 is 5.14 Å². The van der Waals surface area contributed by atoms with E-state index in [1.54, 1.807) is 0 Å². The average molecular weight is 300 g/mol. The fourth-order valence-corrected chi connectivity index (χ4v) is 2.09. The van der Waals surface area contributed by atoms with Crippen LogP contribution in [0.15, 0.2) is 4.90 Å². The minimum Gasteiger partial charge on any atom is -0.345 e. The van der Waals surface area contributed by atoms with Gasteiger partial charge in [0.25, 0.3) is 5.91 Å². The summed E-state index contributed by atoms with van der Waals surface area (Å²) in [5.41, 5.74) is -1.48. The number of hydrogen-bond donors (Lipinski definition) is 1. The number of sulfonamides is 1. The van der Waals surface area contributed by atoms with Crippen LogP contribution in [0.4, 0.5) is 17.6 Å². The van der Waals surface area contributed by atoms with Gasteiger partial charge in [0.15, 0.2) is 23.3 Å². The predicted molar refractivity (Wildman–Crippen MR) is 55.7 cm³/mol. The molecule has 0 spiro atoms. The number of nitrogens with two attached hydrogens (primary N) is 1. The highest BCUT2D eigenvalue weighted by molar-refractivity contribution is 7.89. The van der Waals surface area contributed by atoms with Crippen molar-refractivity contribution in [2.45, 2.75) is 4.90 Å². The lowest BCUT2D eigenvalue weighted by molar-refractivity contribution is 0.0816. The summed E-state index contributed by atoms with van der Waals surface area (Å²) in [6.45, 7) is 0. The molecule has 19 heavy (non-hydrogen) atoms. The number of hydrogen-bond acceptors (Lipinski definition) is 3. The number of benzene rings is 1. The van der Waals surface area contributed by atoms with Crippen LogP contribution in [0.25, 0.3) is 0 Å². The van der Waals surface area contributed by atoms with Gasteiger partial charge < -0.3 is 4.90 Å². The van der Waals surface area contributed by atoms with Gasteiger partial charge in [0.2, 0.25) is 10.0 Å². The summed E-state index contributed by atoms with van der Waals surface area (Å²) in [5, 5.41) is 4.59. The zero-order valence-corrected chi connectivity index (χ0v) is 10.5. The van der Waals surface area contributed by atoms with Gasteiger partial charge in [-0.2, -0.15) is 0 Å². The Kier molecular flexibility index (Phi) is 3.87. The van der Waals surface area contributed by atoms with Crippen LogP contribution in [0.1, 0.15) is 10.4 Å². The first-order valence-corrected chi connectivity index (χ1v) is 6.15. The molecule has 0 aromatic heterocycles. The van der Waals surface area contributed by atoms with Crippen LogP contribution in [0.2, 0.25) is 0 Å². The molecule has 0 unspecified atom stereocenters. The molecule has 106 valence electrons. The van der Waals surface area contributed by atoms with E-state index in [1.165, 1.54) is 0 Å². The van der Waals surface area contributed by atoms with Crippen molar-refractivity contribution in [2.24, 2.45) is 5.14 Å². The smallest absolute Gasteiger partial charge is 0.257 e. The van der Waals surface area contributed by atoms with E-state index < -0.39 is 49.7 Å². The highest BCUT2D eigenvalue weighted by Crippen LogP contribution is 2.27. The molecule has 0 saturated carbocycles. The van der Waals surface area contributed by atoms with E-state index in [0.717, 1.165) is 14.1 Å². The molecule has 0 atom stereocenters. The molecule has 0 bridgehead atoms. The lowest BCUT2D eigenvalue weighted by Crippen LogP contribution is -2.29. The summed E-state index contributed by atoms with van der Waals surface area (Å²) >= 11 is 0. The highest BCUT2D eigenvalue weighted by Gasteiger charge is 2.34. The second-order valence-electron chi connectivity index (χ2n) is 3.70. The molecular formula is C9H8F4N2O3S. The lowest BCUT2D eigenvalue weighted by atomic mass is 10.1. The predicted octanol–water partition coefficient (Wildman–Crippen LogP) is 0.592. The summed E-state index contributed by atoms with van der Waals surface area (Å²) in [6, 6.07) is 0. The van der Waals surface area contributed by atoms with Gasteiger partial charge in [0, 0.05) is 14.1 Å². The van der Waals surface area contributed by atoms with Crippen LogP contribution in [-0.2, 0) is 10.0 Å². The Bertz CT molecular complexity index is 658. The van der Waals surface area contributed by atoms with Crippen molar-refractivity contribution in [1.82, 2.24) is 4.90 Å². The lowest BCUT2D eigenvalue weighted by Gasteiger charge is -2.15. The Morgan fingerprint density at radius 3 is 1.79 bits per heavy atom. The third-order valence-electron chi connectivity index (χ3n) is 2.13. The minimum atomic E-state index is -4.97. The van der Waals surface area contributed by atoms with Gasteiger partial charge in [0.05, 0.1) is 0 Å². The topological polar surface area (TPSA) is 80.5 Å². The Balaban J connectivity index is 3.94. The quantitative estimate of drug-likeness (QED) is 0.493. The summed E-state index contributed by atoms with van der Waals surface area (Å²) in [5.74, 6) is -10.4. The largest absolute Gasteiger partial charge is 0.345 e. The van der Waals surface area contributed by atoms with E-state index in [2.05, 4.69) is 5.14 Å². The third-order valence-corrected chi connectivity index (χ3v) is 3.08. The Hall–Kier alpha value is -1.68. The summed E-state index contributed by atoms with van der Waals surface area (Å²) < 4.78 is 75.2. The number of carbonyl (C=O) groups excluding carboxylic acids is 1. The Labute approximate surface area is 105 Å². The molecule has 1 aromatic rings. The molecule has 5 nitrogen and oxygen atoms in total. The van der Waals surface area contributed by atoms with E-state index in [-0.39, 0.29) is 0 Å². The monoisotopic (exact) mass is 300 g/mol. The van der Waals surface area contributed by atoms with Gasteiger partial charge in [-0.3, -0.25) is 4.79 Å². The first-order valence-electron chi connectivity index (χ1n) is 4.60. The maximum absolute atomic E-state index is 13.5. The summed E-state index contributed by atoms with van der Waals surface area (Å²) in [7, 11) is -2.82. The van der Waals surface area contributed by atoms with Crippen molar-refractivity contribution >= 4 is 15.9 Å². The van der Waals surface area contributed by atoms with E-state index in [1.807, 2.05) is 0 Å².